The Balaban J connectivity index is 1.59. The number of rotatable bonds is 10. The zero-order valence-electron chi connectivity index (χ0n) is 19.3. The zero-order chi connectivity index (χ0) is 24.0. The Morgan fingerprint density at radius 3 is 2.55 bits per heavy atom. The summed E-state index contributed by atoms with van der Waals surface area (Å²) in [5, 5.41) is 3.64. The zero-order valence-corrected chi connectivity index (χ0v) is 21.6. The number of benzene rings is 1. The minimum absolute atomic E-state index is 0.0365. The molecule has 0 bridgehead atoms. The van der Waals surface area contributed by atoms with E-state index in [1.54, 1.807) is 4.90 Å². The van der Waals surface area contributed by atoms with Crippen molar-refractivity contribution in [3.05, 3.63) is 28.2 Å². The minimum atomic E-state index is -3.89. The summed E-state index contributed by atoms with van der Waals surface area (Å²) in [5.74, 6) is -0.185. The number of hydrogen-bond donors (Lipinski definition) is 1. The molecule has 2 unspecified atom stereocenters. The summed E-state index contributed by atoms with van der Waals surface area (Å²) in [7, 11) is 0.237. The van der Waals surface area contributed by atoms with Crippen LogP contribution < -0.4 is 5.32 Å². The number of carbonyl (C=O) groups is 1. The predicted molar refractivity (Wildman–Crippen MR) is 131 cm³/mol. The lowest BCUT2D eigenvalue weighted by molar-refractivity contribution is -0.138. The molecule has 0 radical (unpaired) electrons. The van der Waals surface area contributed by atoms with Crippen LogP contribution >= 0.6 is 23.2 Å². The van der Waals surface area contributed by atoms with Gasteiger partial charge in [0.25, 0.3) is 0 Å². The molecule has 11 heteroatoms. The highest BCUT2D eigenvalue weighted by Gasteiger charge is 2.38. The lowest BCUT2D eigenvalue weighted by Gasteiger charge is -2.35. The van der Waals surface area contributed by atoms with Gasteiger partial charge in [-0.1, -0.05) is 23.2 Å². The van der Waals surface area contributed by atoms with Crippen LogP contribution in [-0.4, -0.2) is 107 Å². The molecule has 2 aliphatic rings. The number of ether oxygens (including phenoxy) is 1. The average molecular weight is 522 g/mol. The van der Waals surface area contributed by atoms with E-state index in [0.29, 0.717) is 26.1 Å². The van der Waals surface area contributed by atoms with Crippen molar-refractivity contribution in [3.8, 4) is 0 Å². The van der Waals surface area contributed by atoms with Crippen LogP contribution in [0.25, 0.3) is 0 Å². The van der Waals surface area contributed by atoms with E-state index in [4.69, 9.17) is 27.9 Å². The van der Waals surface area contributed by atoms with Crippen molar-refractivity contribution < 1.29 is 17.9 Å². The summed E-state index contributed by atoms with van der Waals surface area (Å²) in [6.45, 7) is 5.36. The largest absolute Gasteiger partial charge is 0.350 e. The number of amides is 1. The smallest absolute Gasteiger partial charge is 0.248 e. The molecule has 1 N–H and O–H groups in total. The topological polar surface area (TPSA) is 82.2 Å². The van der Waals surface area contributed by atoms with Gasteiger partial charge in [-0.2, -0.15) is 0 Å². The van der Waals surface area contributed by atoms with E-state index < -0.39 is 15.3 Å². The molecule has 0 saturated carbocycles. The van der Waals surface area contributed by atoms with E-state index in [1.165, 1.54) is 18.2 Å². The highest BCUT2D eigenvalue weighted by Crippen LogP contribution is 2.29. The molecule has 2 saturated heterocycles. The summed E-state index contributed by atoms with van der Waals surface area (Å²) in [5.41, 5.74) is -1.17. The third-order valence-electron chi connectivity index (χ3n) is 6.13. The Morgan fingerprint density at radius 2 is 1.94 bits per heavy atom. The van der Waals surface area contributed by atoms with Crippen LogP contribution in [-0.2, 0) is 19.4 Å². The number of carbonyl (C=O) groups excluding carboxylic acids is 1. The molecule has 0 spiro atoms. The van der Waals surface area contributed by atoms with Gasteiger partial charge in [0.2, 0.25) is 15.7 Å². The van der Waals surface area contributed by atoms with E-state index in [-0.39, 0.29) is 33.5 Å². The van der Waals surface area contributed by atoms with Crippen LogP contribution in [0.3, 0.4) is 0 Å². The van der Waals surface area contributed by atoms with Crippen molar-refractivity contribution in [1.29, 1.82) is 0 Å². The molecule has 0 aliphatic carbocycles. The van der Waals surface area contributed by atoms with Crippen LogP contribution in [0.2, 0.25) is 10.0 Å². The second-order valence-corrected chi connectivity index (χ2v) is 11.7. The number of halogens is 2. The average Bonchev–Trinajstić information content (AvgIpc) is 3.30. The Morgan fingerprint density at radius 1 is 1.21 bits per heavy atom. The van der Waals surface area contributed by atoms with Gasteiger partial charge < -0.3 is 19.9 Å². The number of piperazine rings is 1. The summed E-state index contributed by atoms with van der Waals surface area (Å²) < 4.78 is 32.5. The van der Waals surface area contributed by atoms with Crippen LogP contribution in [0, 0.1) is 0 Å². The van der Waals surface area contributed by atoms with Crippen LogP contribution in [0.4, 0.5) is 0 Å². The summed E-state index contributed by atoms with van der Waals surface area (Å²) in [6.07, 6.45) is 2.60. The molecule has 8 nitrogen and oxygen atoms in total. The number of sulfone groups is 1. The molecular formula is C22H34Cl2N4O4S. The van der Waals surface area contributed by atoms with E-state index in [9.17, 15) is 13.2 Å². The molecule has 186 valence electrons. The van der Waals surface area contributed by atoms with E-state index in [0.717, 1.165) is 39.0 Å². The van der Waals surface area contributed by atoms with Crippen molar-refractivity contribution in [2.45, 2.75) is 35.6 Å². The second kappa shape index (κ2) is 12.2. The Hall–Kier alpha value is -0.940. The summed E-state index contributed by atoms with van der Waals surface area (Å²) in [6, 6.07) is 3.83. The molecule has 1 aromatic rings. The maximum absolute atomic E-state index is 13.4. The first-order valence-electron chi connectivity index (χ1n) is 11.4. The molecule has 2 heterocycles. The fourth-order valence-corrected chi connectivity index (χ4v) is 6.31. The fraction of sp³-hybridized carbons (Fsp3) is 0.682. The monoisotopic (exact) mass is 520 g/mol. The molecule has 2 aliphatic heterocycles. The Labute approximate surface area is 207 Å². The maximum Gasteiger partial charge on any atom is 0.248 e. The van der Waals surface area contributed by atoms with Crippen molar-refractivity contribution in [3.63, 3.8) is 0 Å². The highest BCUT2D eigenvalue weighted by molar-refractivity contribution is 7.92. The predicted octanol–water partition coefficient (Wildman–Crippen LogP) is 1.96. The Kier molecular flexibility index (Phi) is 9.82. The Bertz CT molecular complexity index is 902. The quantitative estimate of drug-likeness (QED) is 0.504. The first-order chi connectivity index (χ1) is 15.7. The number of hydrogen-bond acceptors (Lipinski definition) is 7. The normalized spacial score (nSPS) is 21.0. The molecule has 2 atom stereocenters. The van der Waals surface area contributed by atoms with E-state index in [2.05, 4.69) is 29.2 Å². The van der Waals surface area contributed by atoms with Gasteiger partial charge >= 0.3 is 0 Å². The second-order valence-electron chi connectivity index (χ2n) is 8.88. The van der Waals surface area contributed by atoms with Crippen molar-refractivity contribution >= 4 is 38.9 Å². The summed E-state index contributed by atoms with van der Waals surface area (Å²) >= 11 is 12.0. The van der Waals surface area contributed by atoms with Gasteiger partial charge in [0.15, 0.2) is 5.44 Å². The standard InChI is InChI=1S/C22H34Cl2N4O4S/c1-26(2)9-4-10-27-11-13-28(14-12-27)21(29)16-32-22(20-5-3-8-25-20)33(30,31)17-6-7-18(23)19(24)15-17/h6-7,15,20,22,25H,3-5,8-14,16H2,1-2H3. The lowest BCUT2D eigenvalue weighted by atomic mass is 10.2. The first kappa shape index (κ1) is 26.7. The molecule has 2 fully saturated rings. The lowest BCUT2D eigenvalue weighted by Crippen LogP contribution is -2.51. The number of nitrogens with one attached hydrogen (secondary N) is 1. The minimum Gasteiger partial charge on any atom is -0.350 e. The van der Waals surface area contributed by atoms with Gasteiger partial charge in [0.05, 0.1) is 14.9 Å². The maximum atomic E-state index is 13.4. The molecule has 0 aromatic heterocycles. The first-order valence-corrected chi connectivity index (χ1v) is 13.7. The van der Waals surface area contributed by atoms with Crippen LogP contribution in [0.1, 0.15) is 19.3 Å². The third-order valence-corrected chi connectivity index (χ3v) is 8.85. The molecule has 33 heavy (non-hydrogen) atoms. The highest BCUT2D eigenvalue weighted by atomic mass is 35.5. The number of nitrogens with zero attached hydrogens (tertiary/aromatic N) is 3. The van der Waals surface area contributed by atoms with Crippen LogP contribution in [0.5, 0.6) is 0 Å². The van der Waals surface area contributed by atoms with Gasteiger partial charge in [-0.05, 0) is 71.2 Å². The van der Waals surface area contributed by atoms with Gasteiger partial charge in [0.1, 0.15) is 6.61 Å². The van der Waals surface area contributed by atoms with Crippen molar-refractivity contribution in [1.82, 2.24) is 20.0 Å². The van der Waals surface area contributed by atoms with E-state index >= 15 is 0 Å². The van der Waals surface area contributed by atoms with E-state index in [1.807, 2.05) is 0 Å². The third kappa shape index (κ3) is 7.27. The van der Waals surface area contributed by atoms with Gasteiger partial charge in [-0.3, -0.25) is 9.69 Å². The fourth-order valence-electron chi connectivity index (χ4n) is 4.23. The van der Waals surface area contributed by atoms with Crippen molar-refractivity contribution in [2.75, 3.05) is 66.5 Å². The van der Waals surface area contributed by atoms with Gasteiger partial charge in [-0.15, -0.1) is 0 Å². The molecule has 1 amide bonds. The summed E-state index contributed by atoms with van der Waals surface area (Å²) in [4.78, 5) is 19.1. The van der Waals surface area contributed by atoms with Gasteiger partial charge in [-0.25, -0.2) is 8.42 Å². The van der Waals surface area contributed by atoms with Crippen molar-refractivity contribution in [2.24, 2.45) is 0 Å². The van der Waals surface area contributed by atoms with Gasteiger partial charge in [0, 0.05) is 32.2 Å². The molecule has 1 aromatic carbocycles. The van der Waals surface area contributed by atoms with Crippen LogP contribution in [0.15, 0.2) is 23.1 Å². The SMILES string of the molecule is CN(C)CCCN1CCN(C(=O)COC(C2CCCN2)S(=O)(=O)c2ccc(Cl)c(Cl)c2)CC1. The molecule has 3 rings (SSSR count). The molecular weight excluding hydrogens is 487 g/mol.